The Hall–Kier alpha value is -3.32. The van der Waals surface area contributed by atoms with Gasteiger partial charge in [0.2, 0.25) is 0 Å². The van der Waals surface area contributed by atoms with Crippen molar-refractivity contribution in [3.63, 3.8) is 0 Å². The van der Waals surface area contributed by atoms with Crippen LogP contribution in [0.2, 0.25) is 0 Å². The molecule has 6 nitrogen and oxygen atoms in total. The summed E-state index contributed by atoms with van der Waals surface area (Å²) >= 11 is 1.30. The number of carbonyl (C=O) groups is 1. The molecule has 27 heavy (non-hydrogen) atoms. The van der Waals surface area contributed by atoms with Crippen molar-refractivity contribution in [1.29, 1.82) is 0 Å². The number of nitro benzene ring substituents is 1. The molecule has 1 heterocycles. The molecule has 2 aromatic carbocycles. The molecule has 3 aromatic rings. The van der Waals surface area contributed by atoms with Crippen molar-refractivity contribution in [2.45, 2.75) is 13.8 Å². The number of anilines is 2. The Balaban J connectivity index is 1.72. The van der Waals surface area contributed by atoms with Gasteiger partial charge in [0, 0.05) is 17.8 Å². The zero-order valence-electron chi connectivity index (χ0n) is 14.8. The highest BCUT2D eigenvalue weighted by Crippen LogP contribution is 2.26. The van der Waals surface area contributed by atoms with Crippen LogP contribution in [0.4, 0.5) is 16.5 Å². The fourth-order valence-electron chi connectivity index (χ4n) is 2.39. The van der Waals surface area contributed by atoms with Crippen molar-refractivity contribution in [3.05, 3.63) is 86.4 Å². The molecule has 7 heteroatoms. The zero-order chi connectivity index (χ0) is 19.4. The lowest BCUT2D eigenvalue weighted by atomic mass is 10.1. The molecule has 0 spiro atoms. The van der Waals surface area contributed by atoms with Crippen LogP contribution in [0, 0.1) is 24.0 Å². The second-order valence-electron chi connectivity index (χ2n) is 5.97. The number of ketones is 1. The molecule has 0 aliphatic rings. The van der Waals surface area contributed by atoms with Gasteiger partial charge < -0.3 is 5.32 Å². The number of aromatic nitrogens is 1. The van der Waals surface area contributed by atoms with Crippen LogP contribution in [0.15, 0.2) is 54.6 Å². The number of rotatable bonds is 6. The van der Waals surface area contributed by atoms with Gasteiger partial charge in [-0.15, -0.1) is 0 Å². The maximum absolute atomic E-state index is 12.5. The van der Waals surface area contributed by atoms with E-state index in [1.165, 1.54) is 35.1 Å². The quantitative estimate of drug-likeness (QED) is 0.272. The summed E-state index contributed by atoms with van der Waals surface area (Å²) in [7, 11) is 0. The minimum Gasteiger partial charge on any atom is -0.332 e. The van der Waals surface area contributed by atoms with Crippen LogP contribution in [0.1, 0.15) is 26.5 Å². The third kappa shape index (κ3) is 4.65. The van der Waals surface area contributed by atoms with E-state index in [1.807, 2.05) is 31.2 Å². The third-order valence-electron chi connectivity index (χ3n) is 3.85. The second-order valence-corrected chi connectivity index (χ2v) is 6.97. The molecule has 0 amide bonds. The largest absolute Gasteiger partial charge is 0.332 e. The number of thiazole rings is 1. The topological polar surface area (TPSA) is 85.1 Å². The number of hydrogen-bond acceptors (Lipinski definition) is 6. The van der Waals surface area contributed by atoms with E-state index < -0.39 is 4.92 Å². The van der Waals surface area contributed by atoms with E-state index in [1.54, 1.807) is 25.1 Å². The first-order chi connectivity index (χ1) is 12.9. The first-order valence-electron chi connectivity index (χ1n) is 8.20. The van der Waals surface area contributed by atoms with E-state index in [9.17, 15) is 14.9 Å². The minimum atomic E-state index is -0.456. The molecule has 0 radical (unpaired) electrons. The molecule has 0 aliphatic heterocycles. The second kappa shape index (κ2) is 7.92. The molecular weight excluding hydrogens is 362 g/mol. The molecule has 0 saturated carbocycles. The van der Waals surface area contributed by atoms with Crippen LogP contribution < -0.4 is 5.32 Å². The Kier molecular flexibility index (Phi) is 5.42. The van der Waals surface area contributed by atoms with Gasteiger partial charge in [0.15, 0.2) is 10.9 Å². The van der Waals surface area contributed by atoms with E-state index in [0.29, 0.717) is 21.3 Å². The van der Waals surface area contributed by atoms with E-state index in [-0.39, 0.29) is 11.5 Å². The van der Waals surface area contributed by atoms with Crippen LogP contribution >= 0.6 is 11.3 Å². The highest BCUT2D eigenvalue weighted by Gasteiger charge is 2.13. The van der Waals surface area contributed by atoms with Gasteiger partial charge in [-0.2, -0.15) is 0 Å². The predicted molar refractivity (Wildman–Crippen MR) is 108 cm³/mol. The lowest BCUT2D eigenvalue weighted by molar-refractivity contribution is -0.384. The standard InChI is InChI=1S/C20H17N3O3S/c1-13-3-8-16(9-4-13)22-20-21-14(2)19(27-20)18(24)12-7-15-5-10-17(11-6-15)23(25)26/h3-12H,1-2H3,(H,21,22). The van der Waals surface area contributed by atoms with Crippen LogP contribution in [-0.2, 0) is 0 Å². The van der Waals surface area contributed by atoms with Crippen molar-refractivity contribution in [2.75, 3.05) is 5.32 Å². The Bertz CT molecular complexity index is 1010. The number of nitrogens with zero attached hydrogens (tertiary/aromatic N) is 2. The van der Waals surface area contributed by atoms with Gasteiger partial charge in [-0.3, -0.25) is 14.9 Å². The number of benzene rings is 2. The summed E-state index contributed by atoms with van der Waals surface area (Å²) in [6.07, 6.45) is 3.09. The highest BCUT2D eigenvalue weighted by molar-refractivity contribution is 7.17. The van der Waals surface area contributed by atoms with Gasteiger partial charge in [-0.05, 0) is 49.8 Å². The van der Waals surface area contributed by atoms with Crippen molar-refractivity contribution in [1.82, 2.24) is 4.98 Å². The summed E-state index contributed by atoms with van der Waals surface area (Å²) in [4.78, 5) is 27.7. The lowest BCUT2D eigenvalue weighted by Gasteiger charge is -2.01. The molecule has 0 bridgehead atoms. The summed E-state index contributed by atoms with van der Waals surface area (Å²) in [5.74, 6) is -0.152. The average Bonchev–Trinajstić information content (AvgIpc) is 3.02. The van der Waals surface area contributed by atoms with Crippen molar-refractivity contribution in [2.24, 2.45) is 0 Å². The van der Waals surface area contributed by atoms with Crippen LogP contribution in [0.3, 0.4) is 0 Å². The van der Waals surface area contributed by atoms with Crippen LogP contribution in [0.5, 0.6) is 0 Å². The Morgan fingerprint density at radius 1 is 1.11 bits per heavy atom. The first kappa shape index (κ1) is 18.5. The van der Waals surface area contributed by atoms with Crippen molar-refractivity contribution in [3.8, 4) is 0 Å². The number of aryl methyl sites for hydroxylation is 2. The molecule has 0 fully saturated rings. The van der Waals surface area contributed by atoms with Gasteiger partial charge >= 0.3 is 0 Å². The molecule has 1 aromatic heterocycles. The number of non-ortho nitro benzene ring substituents is 1. The molecule has 1 N–H and O–H groups in total. The van der Waals surface area contributed by atoms with Crippen molar-refractivity contribution < 1.29 is 9.72 Å². The summed E-state index contributed by atoms with van der Waals surface area (Å²) in [5.41, 5.74) is 3.48. The summed E-state index contributed by atoms with van der Waals surface area (Å²) in [6.45, 7) is 3.81. The summed E-state index contributed by atoms with van der Waals surface area (Å²) in [6, 6.07) is 13.9. The fourth-order valence-corrected chi connectivity index (χ4v) is 3.30. The van der Waals surface area contributed by atoms with Gasteiger partial charge in [-0.1, -0.05) is 35.1 Å². The normalized spacial score (nSPS) is 10.9. The minimum absolute atomic E-state index is 0.0172. The van der Waals surface area contributed by atoms with E-state index in [0.717, 1.165) is 5.69 Å². The molecule has 0 unspecified atom stereocenters. The van der Waals surface area contributed by atoms with Gasteiger partial charge in [0.1, 0.15) is 0 Å². The van der Waals surface area contributed by atoms with Crippen LogP contribution in [0.25, 0.3) is 6.08 Å². The first-order valence-corrected chi connectivity index (χ1v) is 9.02. The van der Waals surface area contributed by atoms with E-state index in [2.05, 4.69) is 10.3 Å². The number of hydrogen-bond donors (Lipinski definition) is 1. The molecule has 0 atom stereocenters. The van der Waals surface area contributed by atoms with Gasteiger partial charge in [0.05, 0.1) is 15.5 Å². The molecule has 3 rings (SSSR count). The zero-order valence-corrected chi connectivity index (χ0v) is 15.6. The Morgan fingerprint density at radius 3 is 2.41 bits per heavy atom. The predicted octanol–water partition coefficient (Wildman–Crippen LogP) is 5.31. The number of nitro groups is 1. The maximum atomic E-state index is 12.5. The fraction of sp³-hybridized carbons (Fsp3) is 0.100. The van der Waals surface area contributed by atoms with Crippen molar-refractivity contribution >= 4 is 39.7 Å². The molecule has 0 saturated heterocycles. The Morgan fingerprint density at radius 2 is 1.78 bits per heavy atom. The van der Waals surface area contributed by atoms with Crippen LogP contribution in [-0.4, -0.2) is 15.7 Å². The number of nitrogens with one attached hydrogen (secondary N) is 1. The monoisotopic (exact) mass is 379 g/mol. The average molecular weight is 379 g/mol. The van der Waals surface area contributed by atoms with E-state index in [4.69, 9.17) is 0 Å². The Labute approximate surface area is 160 Å². The summed E-state index contributed by atoms with van der Waals surface area (Å²) < 4.78 is 0. The number of carbonyl (C=O) groups excluding carboxylic acids is 1. The molecular formula is C20H17N3O3S. The van der Waals surface area contributed by atoms with Gasteiger partial charge in [0.25, 0.3) is 5.69 Å². The summed E-state index contributed by atoms with van der Waals surface area (Å²) in [5, 5.41) is 14.5. The number of allylic oxidation sites excluding steroid dienone is 1. The lowest BCUT2D eigenvalue weighted by Crippen LogP contribution is -1.93. The third-order valence-corrected chi connectivity index (χ3v) is 4.94. The molecule has 136 valence electrons. The highest BCUT2D eigenvalue weighted by atomic mass is 32.1. The molecule has 0 aliphatic carbocycles. The SMILES string of the molecule is Cc1ccc(Nc2nc(C)c(C(=O)C=Cc3ccc([N+](=O)[O-])cc3)s2)cc1. The van der Waals surface area contributed by atoms with Gasteiger partial charge in [-0.25, -0.2) is 4.98 Å². The van der Waals surface area contributed by atoms with E-state index >= 15 is 0 Å². The smallest absolute Gasteiger partial charge is 0.269 e. The maximum Gasteiger partial charge on any atom is 0.269 e.